The lowest BCUT2D eigenvalue weighted by atomic mass is 9.50. The number of hydrogen-bond donors (Lipinski definition) is 2. The van der Waals surface area contributed by atoms with Crippen molar-refractivity contribution < 1.29 is 18.6 Å². The topological polar surface area (TPSA) is 74.6 Å². The number of fused-ring (bicyclic) bond motifs is 5. The number of rotatable bonds is 8. The van der Waals surface area contributed by atoms with Crippen LogP contribution in [-0.2, 0) is 9.84 Å². The Bertz CT molecular complexity index is 1110. The van der Waals surface area contributed by atoms with Crippen molar-refractivity contribution in [1.82, 2.24) is 0 Å². The molecule has 38 heavy (non-hydrogen) atoms. The van der Waals surface area contributed by atoms with Gasteiger partial charge in [-0.2, -0.15) is 0 Å². The minimum atomic E-state index is -3.55. The van der Waals surface area contributed by atoms with Crippen LogP contribution in [0.5, 0.6) is 0 Å². The number of benzene rings is 1. The highest BCUT2D eigenvalue weighted by Gasteiger charge is 2.58. The molecule has 0 saturated heterocycles. The minimum Gasteiger partial charge on any atom is -0.393 e. The molecular weight excluding hydrogens is 492 g/mol. The largest absolute Gasteiger partial charge is 0.393 e. The lowest BCUT2D eigenvalue weighted by Gasteiger charge is -2.55. The van der Waals surface area contributed by atoms with E-state index in [-0.39, 0.29) is 11.3 Å². The molecule has 5 heteroatoms. The Labute approximate surface area is 231 Å². The van der Waals surface area contributed by atoms with E-state index < -0.39 is 26.8 Å². The van der Waals surface area contributed by atoms with Crippen molar-refractivity contribution in [3.05, 3.63) is 42.0 Å². The van der Waals surface area contributed by atoms with Crippen LogP contribution in [-0.4, -0.2) is 35.6 Å². The number of allylic oxidation sites excluding steroid dienone is 1. The van der Waals surface area contributed by atoms with Crippen LogP contribution in [0.2, 0.25) is 0 Å². The third-order valence-corrected chi connectivity index (χ3v) is 14.3. The van der Waals surface area contributed by atoms with E-state index in [1.807, 2.05) is 13.0 Å². The third kappa shape index (κ3) is 4.83. The van der Waals surface area contributed by atoms with Crippen LogP contribution in [0, 0.1) is 40.9 Å². The van der Waals surface area contributed by atoms with Crippen molar-refractivity contribution in [2.75, 3.05) is 0 Å². The SMILES string of the molecule is CCC(O)CC([C@@H](C)C1CC[C@H]2[C@@H]3CC=C4C[C@](O)(CC)CC[C@@H]4C3CC[C@]12C)S(=O)(=O)c1ccccc1. The summed E-state index contributed by atoms with van der Waals surface area (Å²) in [6.07, 6.45) is 12.3. The van der Waals surface area contributed by atoms with Gasteiger partial charge in [-0.05, 0) is 124 Å². The van der Waals surface area contributed by atoms with Crippen LogP contribution in [0.3, 0.4) is 0 Å². The molecule has 10 atom stereocenters. The first-order chi connectivity index (χ1) is 18.0. The van der Waals surface area contributed by atoms with Crippen LogP contribution in [0.1, 0.15) is 98.3 Å². The first-order valence-electron chi connectivity index (χ1n) is 15.4. The minimum absolute atomic E-state index is 0.00288. The van der Waals surface area contributed by atoms with Gasteiger partial charge in [-0.1, -0.05) is 57.5 Å². The second kappa shape index (κ2) is 10.7. The lowest BCUT2D eigenvalue weighted by Crippen LogP contribution is -2.49. The molecule has 0 spiro atoms. The smallest absolute Gasteiger partial charge is 0.181 e. The number of hydrogen-bond acceptors (Lipinski definition) is 4. The maximum absolute atomic E-state index is 14.0. The standard InChI is InChI=1S/C33H50O4S/c1-5-24(34)20-31(38(36,37)25-10-8-7-9-11-25)22(3)29-14-15-30-28-13-12-23-21-33(35,6-2)19-17-26(23)27(28)16-18-32(29,30)4/h7-12,22,24,26-31,34-35H,5-6,13-21H2,1-4H3/t22-,24?,26-,27?,28+,29?,30-,31?,32+,33-/m0/s1. The molecule has 0 amide bonds. The molecule has 0 bridgehead atoms. The van der Waals surface area contributed by atoms with Crippen LogP contribution in [0.25, 0.3) is 0 Å². The maximum atomic E-state index is 14.0. The summed E-state index contributed by atoms with van der Waals surface area (Å²) < 4.78 is 27.9. The number of aliphatic hydroxyl groups excluding tert-OH is 1. The van der Waals surface area contributed by atoms with E-state index in [1.54, 1.807) is 24.3 Å². The molecule has 4 aliphatic rings. The van der Waals surface area contributed by atoms with E-state index >= 15 is 0 Å². The number of sulfone groups is 1. The molecule has 0 aliphatic heterocycles. The van der Waals surface area contributed by atoms with Gasteiger partial charge in [-0.15, -0.1) is 0 Å². The highest BCUT2D eigenvalue weighted by Crippen LogP contribution is 2.65. The van der Waals surface area contributed by atoms with Gasteiger partial charge in [0.25, 0.3) is 0 Å². The predicted molar refractivity (Wildman–Crippen MR) is 153 cm³/mol. The van der Waals surface area contributed by atoms with Gasteiger partial charge in [0, 0.05) is 0 Å². The third-order valence-electron chi connectivity index (χ3n) is 12.0. The molecule has 212 valence electrons. The Morgan fingerprint density at radius 2 is 1.76 bits per heavy atom. The van der Waals surface area contributed by atoms with E-state index in [1.165, 1.54) is 24.8 Å². The monoisotopic (exact) mass is 542 g/mol. The van der Waals surface area contributed by atoms with Crippen LogP contribution >= 0.6 is 0 Å². The molecule has 0 heterocycles. The molecule has 3 saturated carbocycles. The van der Waals surface area contributed by atoms with Crippen molar-refractivity contribution >= 4 is 9.84 Å². The summed E-state index contributed by atoms with van der Waals surface area (Å²) in [5.41, 5.74) is 1.16. The van der Waals surface area contributed by atoms with Crippen LogP contribution in [0.4, 0.5) is 0 Å². The zero-order valence-electron chi connectivity index (χ0n) is 24.0. The molecule has 4 aliphatic carbocycles. The zero-order chi connectivity index (χ0) is 27.3. The van der Waals surface area contributed by atoms with Gasteiger partial charge in [0.05, 0.1) is 21.9 Å². The summed E-state index contributed by atoms with van der Waals surface area (Å²) in [7, 11) is -3.55. The first-order valence-corrected chi connectivity index (χ1v) is 17.0. The second-order valence-corrected chi connectivity index (χ2v) is 15.8. The summed E-state index contributed by atoms with van der Waals surface area (Å²) in [4.78, 5) is 0.387. The van der Waals surface area contributed by atoms with Crippen LogP contribution < -0.4 is 0 Å². The van der Waals surface area contributed by atoms with Gasteiger partial charge in [0.15, 0.2) is 9.84 Å². The Hall–Kier alpha value is -1.17. The average molecular weight is 543 g/mol. The summed E-state index contributed by atoms with van der Waals surface area (Å²) in [6, 6.07) is 8.90. The van der Waals surface area contributed by atoms with Crippen molar-refractivity contribution in [2.24, 2.45) is 40.9 Å². The van der Waals surface area contributed by atoms with Crippen molar-refractivity contribution in [2.45, 2.75) is 120 Å². The summed E-state index contributed by atoms with van der Waals surface area (Å²) in [6.45, 7) is 8.69. The Balaban J connectivity index is 1.40. The normalized spacial score (nSPS) is 39.3. The molecule has 4 nitrogen and oxygen atoms in total. The van der Waals surface area contributed by atoms with Gasteiger partial charge >= 0.3 is 0 Å². The molecule has 0 radical (unpaired) electrons. The molecule has 2 N–H and O–H groups in total. The van der Waals surface area contributed by atoms with Crippen molar-refractivity contribution in [3.63, 3.8) is 0 Å². The van der Waals surface area contributed by atoms with E-state index in [0.717, 1.165) is 38.5 Å². The van der Waals surface area contributed by atoms with Crippen LogP contribution in [0.15, 0.2) is 46.9 Å². The summed E-state index contributed by atoms with van der Waals surface area (Å²) in [5.74, 6) is 3.01. The van der Waals surface area contributed by atoms with Gasteiger partial charge in [-0.25, -0.2) is 8.42 Å². The summed E-state index contributed by atoms with van der Waals surface area (Å²) in [5, 5.41) is 21.1. The van der Waals surface area contributed by atoms with E-state index in [4.69, 9.17) is 0 Å². The van der Waals surface area contributed by atoms with Crippen molar-refractivity contribution in [3.8, 4) is 0 Å². The maximum Gasteiger partial charge on any atom is 0.181 e. The molecule has 1 aromatic carbocycles. The van der Waals surface area contributed by atoms with Crippen molar-refractivity contribution in [1.29, 1.82) is 0 Å². The van der Waals surface area contributed by atoms with Gasteiger partial charge in [0.2, 0.25) is 0 Å². The van der Waals surface area contributed by atoms with Gasteiger partial charge in [-0.3, -0.25) is 0 Å². The Kier molecular flexibility index (Phi) is 7.96. The lowest BCUT2D eigenvalue weighted by molar-refractivity contribution is -0.0462. The second-order valence-electron chi connectivity index (χ2n) is 13.6. The molecular formula is C33H50O4S. The molecule has 0 aromatic heterocycles. The predicted octanol–water partition coefficient (Wildman–Crippen LogP) is 6.96. The fourth-order valence-corrected chi connectivity index (χ4v) is 11.8. The zero-order valence-corrected chi connectivity index (χ0v) is 24.8. The number of aliphatic hydroxyl groups is 2. The molecule has 5 rings (SSSR count). The molecule has 4 unspecified atom stereocenters. The Morgan fingerprint density at radius 3 is 2.45 bits per heavy atom. The van der Waals surface area contributed by atoms with E-state index in [0.29, 0.717) is 47.3 Å². The fraction of sp³-hybridized carbons (Fsp3) is 0.758. The van der Waals surface area contributed by atoms with E-state index in [9.17, 15) is 18.6 Å². The first kappa shape index (κ1) is 28.4. The molecule has 1 aromatic rings. The van der Waals surface area contributed by atoms with E-state index in [2.05, 4.69) is 26.8 Å². The molecule has 3 fully saturated rings. The Morgan fingerprint density at radius 1 is 1.03 bits per heavy atom. The van der Waals surface area contributed by atoms with Gasteiger partial charge in [0.1, 0.15) is 0 Å². The average Bonchev–Trinajstić information content (AvgIpc) is 3.28. The highest BCUT2D eigenvalue weighted by molar-refractivity contribution is 7.92. The fourth-order valence-electron chi connectivity index (χ4n) is 9.67. The van der Waals surface area contributed by atoms with Gasteiger partial charge < -0.3 is 10.2 Å². The summed E-state index contributed by atoms with van der Waals surface area (Å²) >= 11 is 0. The quantitative estimate of drug-likeness (QED) is 0.348. The highest BCUT2D eigenvalue weighted by atomic mass is 32.2.